The smallest absolute Gasteiger partial charge is 0.361 e. The topological polar surface area (TPSA) is 195 Å². The molecule has 4 heterocycles. The van der Waals surface area contributed by atoms with Crippen LogP contribution in [0.15, 0.2) is 52.7 Å². The number of imidazole rings is 1. The van der Waals surface area contributed by atoms with Crippen LogP contribution < -0.4 is 11.0 Å². The number of fused-ring (bicyclic) bond motifs is 2. The van der Waals surface area contributed by atoms with Crippen molar-refractivity contribution < 1.29 is 33.2 Å². The standard InChI is InChI=1S/C23H20ClN7O8S/c24-6-7-30-23(37)29-11-25-15(18(29)27-28-30)22(36)39-9-13-10-40(38)20-16(19(33)31(20)17(13)21(34)35)26-14(32)8-12-4-2-1-3-5-12/h1-5,11,16,20H,6-10H2,(H,26,32)(H,34,35)/t16-,20-,40?/m1/s1. The summed E-state index contributed by atoms with van der Waals surface area (Å²) in [6.07, 6.45) is 1.04. The summed E-state index contributed by atoms with van der Waals surface area (Å²) in [6, 6.07) is 7.63. The number of aryl methyl sites for hydroxylation is 1. The van der Waals surface area contributed by atoms with E-state index in [9.17, 15) is 33.3 Å². The van der Waals surface area contributed by atoms with Crippen molar-refractivity contribution in [3.8, 4) is 0 Å². The highest BCUT2D eigenvalue weighted by atomic mass is 35.5. The highest BCUT2D eigenvalue weighted by Gasteiger charge is 2.57. The van der Waals surface area contributed by atoms with Crippen LogP contribution in [-0.2, 0) is 42.9 Å². The summed E-state index contributed by atoms with van der Waals surface area (Å²) in [5.41, 5.74) is -1.01. The number of carboxylic acids is 1. The number of halogens is 1. The Kier molecular flexibility index (Phi) is 7.44. The fourth-order valence-electron chi connectivity index (χ4n) is 4.39. The van der Waals surface area contributed by atoms with E-state index in [0.29, 0.717) is 5.56 Å². The molecule has 0 aliphatic carbocycles. The number of hydrogen-bond acceptors (Lipinski definition) is 10. The lowest BCUT2D eigenvalue weighted by Gasteiger charge is -2.49. The van der Waals surface area contributed by atoms with Gasteiger partial charge in [0.2, 0.25) is 5.91 Å². The summed E-state index contributed by atoms with van der Waals surface area (Å²) >= 11 is 5.63. The number of esters is 1. The Balaban J connectivity index is 1.31. The number of amides is 2. The van der Waals surface area contributed by atoms with Crippen molar-refractivity contribution in [2.24, 2.45) is 0 Å². The molecule has 2 aromatic heterocycles. The molecule has 208 valence electrons. The van der Waals surface area contributed by atoms with Crippen molar-refractivity contribution in [1.82, 2.24) is 34.6 Å². The highest BCUT2D eigenvalue weighted by Crippen LogP contribution is 2.35. The van der Waals surface area contributed by atoms with Crippen LogP contribution in [0.4, 0.5) is 0 Å². The van der Waals surface area contributed by atoms with Crippen molar-refractivity contribution in [3.05, 3.63) is 69.7 Å². The van der Waals surface area contributed by atoms with Gasteiger partial charge in [-0.15, -0.1) is 16.7 Å². The van der Waals surface area contributed by atoms with E-state index in [1.165, 1.54) is 0 Å². The predicted octanol–water partition coefficient (Wildman–Crippen LogP) is -1.32. The number of benzene rings is 1. The molecule has 2 aliphatic rings. The summed E-state index contributed by atoms with van der Waals surface area (Å²) in [7, 11) is -1.81. The van der Waals surface area contributed by atoms with Crippen LogP contribution in [0.1, 0.15) is 16.1 Å². The van der Waals surface area contributed by atoms with Crippen LogP contribution >= 0.6 is 11.6 Å². The normalized spacial score (nSPS) is 20.2. The number of rotatable bonds is 9. The Morgan fingerprint density at radius 2 is 1.95 bits per heavy atom. The number of alkyl halides is 1. The second-order valence-electron chi connectivity index (χ2n) is 8.74. The van der Waals surface area contributed by atoms with Gasteiger partial charge in [0.15, 0.2) is 11.3 Å². The molecule has 2 N–H and O–H groups in total. The van der Waals surface area contributed by atoms with E-state index < -0.39 is 64.0 Å². The van der Waals surface area contributed by atoms with E-state index in [1.54, 1.807) is 30.3 Å². The van der Waals surface area contributed by atoms with Gasteiger partial charge in [0.05, 0.1) is 29.5 Å². The lowest BCUT2D eigenvalue weighted by molar-refractivity contribution is -0.151. The quantitative estimate of drug-likeness (QED) is 0.171. The van der Waals surface area contributed by atoms with Gasteiger partial charge in [-0.3, -0.25) is 18.7 Å². The maximum Gasteiger partial charge on any atom is 0.361 e. The van der Waals surface area contributed by atoms with Gasteiger partial charge in [0, 0.05) is 11.5 Å². The van der Waals surface area contributed by atoms with Crippen molar-refractivity contribution in [1.29, 1.82) is 0 Å². The third-order valence-corrected chi connectivity index (χ3v) is 8.04. The van der Waals surface area contributed by atoms with Crippen molar-refractivity contribution in [2.45, 2.75) is 24.4 Å². The molecule has 2 amide bonds. The minimum atomic E-state index is -1.81. The first-order valence-electron chi connectivity index (χ1n) is 11.7. The van der Waals surface area contributed by atoms with E-state index >= 15 is 0 Å². The van der Waals surface area contributed by atoms with E-state index in [4.69, 9.17) is 16.3 Å². The van der Waals surface area contributed by atoms with Crippen LogP contribution in [0, 0.1) is 0 Å². The van der Waals surface area contributed by atoms with E-state index in [-0.39, 0.29) is 41.5 Å². The van der Waals surface area contributed by atoms with Crippen LogP contribution in [0.3, 0.4) is 0 Å². The number of aliphatic carboxylic acids is 1. The zero-order chi connectivity index (χ0) is 28.6. The lowest BCUT2D eigenvalue weighted by Crippen LogP contribution is -2.73. The van der Waals surface area contributed by atoms with E-state index in [1.807, 2.05) is 0 Å². The predicted molar refractivity (Wildman–Crippen MR) is 136 cm³/mol. The number of ether oxygens (including phenoxy) is 1. The van der Waals surface area contributed by atoms with Gasteiger partial charge in [-0.25, -0.2) is 23.8 Å². The molecule has 1 saturated heterocycles. The molecule has 0 bridgehead atoms. The summed E-state index contributed by atoms with van der Waals surface area (Å²) in [4.78, 5) is 67.2. The molecule has 3 aromatic rings. The highest BCUT2D eigenvalue weighted by molar-refractivity contribution is 7.86. The minimum Gasteiger partial charge on any atom is -0.477 e. The molecule has 5 rings (SSSR count). The average molecular weight is 590 g/mol. The fraction of sp³-hybridized carbons (Fsp3) is 0.304. The Labute approximate surface area is 231 Å². The first kappa shape index (κ1) is 27.1. The molecule has 0 saturated carbocycles. The first-order valence-corrected chi connectivity index (χ1v) is 13.7. The Hall–Kier alpha value is -4.44. The summed E-state index contributed by atoms with van der Waals surface area (Å²) in [6.45, 7) is -0.540. The summed E-state index contributed by atoms with van der Waals surface area (Å²) in [5, 5.41) is 18.8. The fourth-order valence-corrected chi connectivity index (χ4v) is 6.22. The number of nitrogens with one attached hydrogen (secondary N) is 1. The number of carbonyl (C=O) groups excluding carboxylic acids is 3. The third-order valence-electron chi connectivity index (χ3n) is 6.22. The van der Waals surface area contributed by atoms with Gasteiger partial charge in [-0.05, 0) is 5.56 Å². The summed E-state index contributed by atoms with van der Waals surface area (Å²) in [5.74, 6) is -3.98. The van der Waals surface area contributed by atoms with Gasteiger partial charge in [0.1, 0.15) is 30.0 Å². The Morgan fingerprint density at radius 1 is 1.20 bits per heavy atom. The van der Waals surface area contributed by atoms with Gasteiger partial charge in [0.25, 0.3) is 5.91 Å². The third kappa shape index (κ3) is 4.86. The SMILES string of the molecule is O=C(Cc1ccccc1)N[C@@H]1C(=O)N2C(C(=O)O)=C(COC(=O)c3ncn4c(=O)n(CCCl)nnc34)CS(=O)[C@H]12. The number of carbonyl (C=O) groups is 4. The lowest BCUT2D eigenvalue weighted by atomic mass is 10.0. The number of aromatic nitrogens is 5. The van der Waals surface area contributed by atoms with Gasteiger partial charge < -0.3 is 15.2 Å². The second-order valence-corrected chi connectivity index (χ2v) is 10.6. The zero-order valence-electron chi connectivity index (χ0n) is 20.4. The summed E-state index contributed by atoms with van der Waals surface area (Å²) < 4.78 is 20.2. The Morgan fingerprint density at radius 3 is 2.65 bits per heavy atom. The maximum atomic E-state index is 13.0. The van der Waals surface area contributed by atoms with Crippen molar-refractivity contribution >= 4 is 51.8 Å². The second kappa shape index (κ2) is 11.0. The number of β-lactam (4-membered cyclic amide) rings is 1. The number of nitrogens with zero attached hydrogens (tertiary/aromatic N) is 6. The van der Waals surface area contributed by atoms with Crippen LogP contribution in [0.25, 0.3) is 5.65 Å². The van der Waals surface area contributed by atoms with Crippen LogP contribution in [0.2, 0.25) is 0 Å². The molecule has 1 unspecified atom stereocenters. The van der Waals surface area contributed by atoms with Gasteiger partial charge in [-0.2, -0.15) is 4.68 Å². The first-order chi connectivity index (χ1) is 19.2. The monoisotopic (exact) mass is 589 g/mol. The number of hydrogen-bond donors (Lipinski definition) is 2. The largest absolute Gasteiger partial charge is 0.477 e. The molecule has 2 aliphatic heterocycles. The van der Waals surface area contributed by atoms with Gasteiger partial charge in [-0.1, -0.05) is 35.5 Å². The van der Waals surface area contributed by atoms with Crippen LogP contribution in [-0.4, -0.2) is 92.0 Å². The molecule has 0 radical (unpaired) electrons. The van der Waals surface area contributed by atoms with Crippen molar-refractivity contribution in [2.75, 3.05) is 18.2 Å². The maximum absolute atomic E-state index is 13.0. The average Bonchev–Trinajstić information content (AvgIpc) is 3.37. The van der Waals surface area contributed by atoms with E-state index in [0.717, 1.165) is 20.3 Å². The minimum absolute atomic E-state index is 0.0134. The molecule has 17 heteroatoms. The van der Waals surface area contributed by atoms with Gasteiger partial charge >= 0.3 is 17.6 Å². The zero-order valence-corrected chi connectivity index (χ0v) is 22.0. The molecular formula is C23H20ClN7O8S. The van der Waals surface area contributed by atoms with E-state index in [2.05, 4.69) is 20.6 Å². The molecule has 40 heavy (non-hydrogen) atoms. The molecule has 1 fully saturated rings. The molecule has 0 spiro atoms. The molecule has 15 nitrogen and oxygen atoms in total. The molecular weight excluding hydrogens is 570 g/mol. The van der Waals surface area contributed by atoms with Crippen molar-refractivity contribution in [3.63, 3.8) is 0 Å². The number of carboxylic acid groups (broad SMARTS) is 1. The van der Waals surface area contributed by atoms with Crippen LogP contribution in [0.5, 0.6) is 0 Å². The molecule has 1 aromatic carbocycles. The molecule has 3 atom stereocenters. The Bertz CT molecular complexity index is 1650.